The first-order valence-corrected chi connectivity index (χ1v) is 8.05. The van der Waals surface area contributed by atoms with E-state index in [-0.39, 0.29) is 6.42 Å². The molecule has 0 saturated heterocycles. The maximum atomic E-state index is 9.85. The summed E-state index contributed by atoms with van der Waals surface area (Å²) in [6.07, 6.45) is 4.29. The molecule has 0 atom stereocenters. The maximum absolute atomic E-state index is 9.85. The largest absolute Gasteiger partial charge is 0.550 e. The third kappa shape index (κ3) is 12.4. The lowest BCUT2D eigenvalue weighted by Crippen LogP contribution is -2.49. The van der Waals surface area contributed by atoms with Crippen molar-refractivity contribution in [1.82, 2.24) is 0 Å². The molecule has 0 N–H and O–H groups in total. The molecule has 0 unspecified atom stereocenters. The van der Waals surface area contributed by atoms with E-state index in [0.717, 1.165) is 38.8 Å². The van der Waals surface area contributed by atoms with E-state index in [9.17, 15) is 9.90 Å². The second-order valence-electron chi connectivity index (χ2n) is 5.19. The average Bonchev–Trinajstić information content (AvgIpc) is 2.46. The summed E-state index contributed by atoms with van der Waals surface area (Å²) in [6, 6.07) is 0. The van der Waals surface area contributed by atoms with Gasteiger partial charge >= 0.3 is 0 Å². The molecule has 4 heteroatoms. The minimum atomic E-state index is -0.925. The van der Waals surface area contributed by atoms with E-state index in [4.69, 9.17) is 4.74 Å². The van der Waals surface area contributed by atoms with Crippen LogP contribution in [-0.4, -0.2) is 50.3 Å². The average molecular weight is 289 g/mol. The molecule has 20 heavy (non-hydrogen) atoms. The van der Waals surface area contributed by atoms with Crippen molar-refractivity contribution >= 4 is 5.97 Å². The van der Waals surface area contributed by atoms with Crippen LogP contribution in [-0.2, 0) is 9.53 Å². The van der Waals surface area contributed by atoms with Gasteiger partial charge in [-0.2, -0.15) is 0 Å². The summed E-state index contributed by atoms with van der Waals surface area (Å²) in [6.45, 7) is 14.5. The molecule has 0 spiro atoms. The number of hydrogen-bond donors (Lipinski definition) is 0. The highest BCUT2D eigenvalue weighted by atomic mass is 16.5. The highest BCUT2D eigenvalue weighted by molar-refractivity contribution is 5.63. The van der Waals surface area contributed by atoms with Crippen molar-refractivity contribution in [2.75, 3.05) is 39.9 Å². The Morgan fingerprint density at radius 2 is 1.55 bits per heavy atom. The van der Waals surface area contributed by atoms with E-state index in [1.165, 1.54) is 24.1 Å². The zero-order valence-corrected chi connectivity index (χ0v) is 14.2. The Hall–Kier alpha value is -0.610. The summed E-state index contributed by atoms with van der Waals surface area (Å²) >= 11 is 0. The SMILES string of the molecule is CCCCCCC(=O)[O-].CC[N+](CC)(CC)CCOC. The molecule has 0 aliphatic carbocycles. The fraction of sp³-hybridized carbons (Fsp3) is 0.938. The van der Waals surface area contributed by atoms with Crippen molar-refractivity contribution in [2.24, 2.45) is 0 Å². The summed E-state index contributed by atoms with van der Waals surface area (Å²) in [4.78, 5) is 9.85. The lowest BCUT2D eigenvalue weighted by molar-refractivity contribution is -0.923. The number of methoxy groups -OCH3 is 1. The van der Waals surface area contributed by atoms with Crippen LogP contribution >= 0.6 is 0 Å². The van der Waals surface area contributed by atoms with Gasteiger partial charge in [0.15, 0.2) is 0 Å². The zero-order chi connectivity index (χ0) is 15.9. The van der Waals surface area contributed by atoms with Crippen molar-refractivity contribution < 1.29 is 19.1 Å². The van der Waals surface area contributed by atoms with E-state index >= 15 is 0 Å². The Morgan fingerprint density at radius 3 is 1.90 bits per heavy atom. The quantitative estimate of drug-likeness (QED) is 0.433. The summed E-state index contributed by atoms with van der Waals surface area (Å²) < 4.78 is 6.28. The molecule has 0 heterocycles. The van der Waals surface area contributed by atoms with Gasteiger partial charge in [0.05, 0.1) is 26.2 Å². The topological polar surface area (TPSA) is 49.4 Å². The maximum Gasteiger partial charge on any atom is 0.102 e. The van der Waals surface area contributed by atoms with Gasteiger partial charge in [0.1, 0.15) is 6.54 Å². The Bertz CT molecular complexity index is 208. The second kappa shape index (κ2) is 14.8. The fourth-order valence-electron chi connectivity index (χ4n) is 2.13. The van der Waals surface area contributed by atoms with Crippen LogP contribution in [0.1, 0.15) is 59.8 Å². The Morgan fingerprint density at radius 1 is 1.00 bits per heavy atom. The van der Waals surface area contributed by atoms with Gasteiger partial charge in [-0.15, -0.1) is 0 Å². The van der Waals surface area contributed by atoms with E-state index in [0.29, 0.717) is 0 Å². The predicted octanol–water partition coefficient (Wildman–Crippen LogP) is 2.22. The number of carboxylic acids is 1. The van der Waals surface area contributed by atoms with E-state index in [1.807, 2.05) is 0 Å². The van der Waals surface area contributed by atoms with Crippen LogP contribution in [0.4, 0.5) is 0 Å². The first kappa shape index (κ1) is 21.7. The van der Waals surface area contributed by atoms with Crippen molar-refractivity contribution in [1.29, 1.82) is 0 Å². The van der Waals surface area contributed by atoms with Crippen LogP contribution in [0.3, 0.4) is 0 Å². The lowest BCUT2D eigenvalue weighted by atomic mass is 10.2. The first-order chi connectivity index (χ1) is 9.51. The lowest BCUT2D eigenvalue weighted by Gasteiger charge is -2.35. The number of carbonyl (C=O) groups excluding carboxylic acids is 1. The van der Waals surface area contributed by atoms with E-state index in [2.05, 4.69) is 27.7 Å². The summed E-state index contributed by atoms with van der Waals surface area (Å²) in [7, 11) is 1.77. The van der Waals surface area contributed by atoms with Crippen molar-refractivity contribution in [3.05, 3.63) is 0 Å². The van der Waals surface area contributed by atoms with Crippen molar-refractivity contribution in [3.8, 4) is 0 Å². The van der Waals surface area contributed by atoms with Gasteiger partial charge in [0.25, 0.3) is 0 Å². The highest BCUT2D eigenvalue weighted by Crippen LogP contribution is 2.04. The van der Waals surface area contributed by atoms with Crippen LogP contribution < -0.4 is 5.11 Å². The van der Waals surface area contributed by atoms with Gasteiger partial charge in [-0.25, -0.2) is 0 Å². The molecule has 0 amide bonds. The predicted molar refractivity (Wildman–Crippen MR) is 82.4 cm³/mol. The van der Waals surface area contributed by atoms with Gasteiger partial charge in [-0.05, 0) is 33.6 Å². The molecule has 0 radical (unpaired) electrons. The Kier molecular flexibility index (Phi) is 16.0. The van der Waals surface area contributed by atoms with Crippen LogP contribution in [0.2, 0.25) is 0 Å². The van der Waals surface area contributed by atoms with E-state index < -0.39 is 5.97 Å². The van der Waals surface area contributed by atoms with Gasteiger partial charge in [-0.1, -0.05) is 26.2 Å². The molecule has 0 fully saturated rings. The highest BCUT2D eigenvalue weighted by Gasteiger charge is 2.19. The molecule has 0 saturated carbocycles. The van der Waals surface area contributed by atoms with Crippen molar-refractivity contribution in [3.63, 3.8) is 0 Å². The van der Waals surface area contributed by atoms with Crippen LogP contribution in [0.5, 0.6) is 0 Å². The number of carbonyl (C=O) groups is 1. The normalized spacial score (nSPS) is 10.8. The number of ether oxygens (including phenoxy) is 1. The Balaban J connectivity index is 0. The second-order valence-corrected chi connectivity index (χ2v) is 5.19. The number of rotatable bonds is 11. The van der Waals surface area contributed by atoms with Crippen LogP contribution in [0.15, 0.2) is 0 Å². The molecule has 4 nitrogen and oxygen atoms in total. The van der Waals surface area contributed by atoms with Crippen LogP contribution in [0.25, 0.3) is 0 Å². The van der Waals surface area contributed by atoms with E-state index in [1.54, 1.807) is 7.11 Å². The number of unbranched alkanes of at least 4 members (excludes halogenated alkanes) is 3. The van der Waals surface area contributed by atoms with Gasteiger partial charge < -0.3 is 19.1 Å². The number of nitrogens with zero attached hydrogens (tertiary/aromatic N) is 1. The Labute approximate surface area is 125 Å². The summed E-state index contributed by atoms with van der Waals surface area (Å²) in [5, 5.41) is 9.85. The molecule has 0 aromatic rings. The zero-order valence-electron chi connectivity index (χ0n) is 14.2. The van der Waals surface area contributed by atoms with Gasteiger partial charge in [0, 0.05) is 13.1 Å². The fourth-order valence-corrected chi connectivity index (χ4v) is 2.13. The smallest absolute Gasteiger partial charge is 0.102 e. The molecule has 0 aliphatic heterocycles. The molecule has 0 aromatic carbocycles. The number of likely N-dealkylation sites (N-methyl/N-ethyl adjacent to an activating group) is 1. The number of hydrogen-bond acceptors (Lipinski definition) is 3. The number of quaternary nitrogens is 1. The van der Waals surface area contributed by atoms with Crippen molar-refractivity contribution in [2.45, 2.75) is 59.8 Å². The number of carboxylic acid groups (broad SMARTS) is 1. The molecule has 0 aliphatic rings. The standard InChI is InChI=1S/C9H22NO.C7H14O2/c1-5-10(6-2,7-3)8-9-11-4;1-2-3-4-5-6-7(8)9/h5-9H2,1-4H3;2-6H2,1H3,(H,8,9)/q+1;/p-1. The summed E-state index contributed by atoms with van der Waals surface area (Å²) in [5.41, 5.74) is 0. The monoisotopic (exact) mass is 289 g/mol. The minimum absolute atomic E-state index is 0.222. The van der Waals surface area contributed by atoms with Crippen LogP contribution in [0, 0.1) is 0 Å². The molecular weight excluding hydrogens is 254 g/mol. The van der Waals surface area contributed by atoms with Gasteiger partial charge in [-0.3, -0.25) is 0 Å². The molecule has 0 rings (SSSR count). The van der Waals surface area contributed by atoms with Gasteiger partial charge in [0.2, 0.25) is 0 Å². The molecule has 0 bridgehead atoms. The molecule has 122 valence electrons. The number of aliphatic carboxylic acids is 1. The molecular formula is C16H35NO3. The minimum Gasteiger partial charge on any atom is -0.550 e. The first-order valence-electron chi connectivity index (χ1n) is 8.05. The molecule has 0 aromatic heterocycles. The summed E-state index contributed by atoms with van der Waals surface area (Å²) in [5.74, 6) is -0.925. The third-order valence-electron chi connectivity index (χ3n) is 4.02. The third-order valence-corrected chi connectivity index (χ3v) is 4.02.